The molecule has 148 valence electrons. The zero-order valence-electron chi connectivity index (χ0n) is 16.6. The Balaban J connectivity index is 1.71. The normalized spacial score (nSPS) is 16.3. The third kappa shape index (κ3) is 4.75. The van der Waals surface area contributed by atoms with E-state index in [4.69, 9.17) is 4.99 Å². The first-order valence-electron chi connectivity index (χ1n) is 10.00. The number of unbranched alkanes of at least 4 members (excludes halogenated alkanes) is 1. The van der Waals surface area contributed by atoms with Crippen molar-refractivity contribution >= 4 is 11.8 Å². The van der Waals surface area contributed by atoms with Crippen LogP contribution in [0.2, 0.25) is 0 Å². The van der Waals surface area contributed by atoms with Gasteiger partial charge in [-0.3, -0.25) is 15.0 Å². The van der Waals surface area contributed by atoms with Crippen LogP contribution in [0.15, 0.2) is 47.6 Å². The molecule has 0 fully saturated rings. The number of aliphatic imine (C=N–C) groups is 1. The summed E-state index contributed by atoms with van der Waals surface area (Å²) in [5.74, 6) is 0.209. The number of hydrogen-bond donors (Lipinski definition) is 2. The van der Waals surface area contributed by atoms with Gasteiger partial charge in [-0.15, -0.1) is 0 Å². The maximum Gasteiger partial charge on any atom is 0.336 e. The predicted octanol–water partition coefficient (Wildman–Crippen LogP) is 4.13. The molecule has 0 saturated carbocycles. The number of carbonyl (C=O) groups is 1. The summed E-state index contributed by atoms with van der Waals surface area (Å²) in [6.07, 6.45) is 6.82. The summed E-state index contributed by atoms with van der Waals surface area (Å²) < 4.78 is 0. The lowest BCUT2D eigenvalue weighted by Gasteiger charge is -2.21. The average Bonchev–Trinajstić information content (AvgIpc) is 3.08. The minimum Gasteiger partial charge on any atom is -0.478 e. The fourth-order valence-corrected chi connectivity index (χ4v) is 3.40. The highest BCUT2D eigenvalue weighted by Crippen LogP contribution is 2.23. The largest absolute Gasteiger partial charge is 0.478 e. The first-order valence-corrected chi connectivity index (χ1v) is 10.00. The Morgan fingerprint density at radius 2 is 2.00 bits per heavy atom. The van der Waals surface area contributed by atoms with Gasteiger partial charge in [0.25, 0.3) is 0 Å². The highest BCUT2D eigenvalue weighted by molar-refractivity contribution is 5.95. The lowest BCUT2D eigenvalue weighted by Crippen LogP contribution is -2.41. The first-order chi connectivity index (χ1) is 13.6. The van der Waals surface area contributed by atoms with Crippen LogP contribution < -0.4 is 5.43 Å². The summed E-state index contributed by atoms with van der Waals surface area (Å²) >= 11 is 0. The number of aromatic nitrogens is 1. The van der Waals surface area contributed by atoms with Crippen molar-refractivity contribution in [3.8, 4) is 11.1 Å². The van der Waals surface area contributed by atoms with E-state index in [-0.39, 0.29) is 11.7 Å². The highest BCUT2D eigenvalue weighted by atomic mass is 16.4. The molecule has 1 unspecified atom stereocenters. The number of aromatic carboxylic acids is 1. The van der Waals surface area contributed by atoms with Crippen LogP contribution in [0, 0.1) is 0 Å². The Kier molecular flexibility index (Phi) is 6.76. The minimum atomic E-state index is -0.931. The molecule has 2 heterocycles. The molecule has 0 spiro atoms. The number of hydrogen-bond acceptors (Lipinski definition) is 5. The van der Waals surface area contributed by atoms with E-state index in [1.165, 1.54) is 0 Å². The molecular formula is C22H28N4O2. The maximum absolute atomic E-state index is 11.4. The van der Waals surface area contributed by atoms with Crippen molar-refractivity contribution in [1.82, 2.24) is 15.4 Å². The third-order valence-electron chi connectivity index (χ3n) is 4.82. The summed E-state index contributed by atoms with van der Waals surface area (Å²) in [5, 5.41) is 11.6. The van der Waals surface area contributed by atoms with E-state index in [2.05, 4.69) is 29.3 Å². The van der Waals surface area contributed by atoms with Crippen LogP contribution in [0.25, 0.3) is 11.1 Å². The second-order valence-electron chi connectivity index (χ2n) is 7.04. The van der Waals surface area contributed by atoms with Gasteiger partial charge in [0, 0.05) is 36.8 Å². The molecule has 1 atom stereocenters. The summed E-state index contributed by atoms with van der Waals surface area (Å²) in [5.41, 5.74) is 6.19. The molecule has 2 N–H and O–H groups in total. The molecule has 1 aromatic carbocycles. The number of carboxylic acids is 1. The zero-order valence-corrected chi connectivity index (χ0v) is 16.6. The maximum atomic E-state index is 11.4. The van der Waals surface area contributed by atoms with E-state index in [1.54, 1.807) is 18.3 Å². The molecule has 2 aromatic rings. The van der Waals surface area contributed by atoms with Gasteiger partial charge in [0.15, 0.2) is 0 Å². The molecule has 1 aromatic heterocycles. The number of amidine groups is 1. The molecule has 3 rings (SSSR count). The number of nitrogens with one attached hydrogen (secondary N) is 1. The highest BCUT2D eigenvalue weighted by Gasteiger charge is 2.23. The van der Waals surface area contributed by atoms with Crippen LogP contribution in [-0.4, -0.2) is 39.6 Å². The van der Waals surface area contributed by atoms with Gasteiger partial charge in [0.05, 0.1) is 5.56 Å². The SMILES string of the molecule is CCCCC1=NC(Cc2ccc(-c3ccccc3C(=O)O)cn2)NN1CCC. The first kappa shape index (κ1) is 20.0. The van der Waals surface area contributed by atoms with Crippen molar-refractivity contribution < 1.29 is 9.90 Å². The average molecular weight is 380 g/mol. The van der Waals surface area contributed by atoms with Crippen LogP contribution in [0.5, 0.6) is 0 Å². The quantitative estimate of drug-likeness (QED) is 0.684. The molecular weight excluding hydrogens is 352 g/mol. The summed E-state index contributed by atoms with van der Waals surface area (Å²) in [6.45, 7) is 5.32. The molecule has 6 heteroatoms. The summed E-state index contributed by atoms with van der Waals surface area (Å²) in [7, 11) is 0. The van der Waals surface area contributed by atoms with Gasteiger partial charge in [-0.2, -0.15) is 0 Å². The predicted molar refractivity (Wildman–Crippen MR) is 111 cm³/mol. The number of rotatable bonds is 9. The van der Waals surface area contributed by atoms with Gasteiger partial charge >= 0.3 is 5.97 Å². The number of hydrazine groups is 1. The standard InChI is InChI=1S/C22H28N4O2/c1-3-5-10-21-24-20(25-26(21)13-4-2)14-17-12-11-16(15-23-17)18-8-6-7-9-19(18)22(27)28/h6-9,11-12,15,20,25H,3-5,10,13-14H2,1-2H3,(H,27,28). The van der Waals surface area contributed by atoms with Gasteiger partial charge in [0.1, 0.15) is 12.0 Å². The van der Waals surface area contributed by atoms with Gasteiger partial charge in [-0.1, -0.05) is 44.5 Å². The fraction of sp³-hybridized carbons (Fsp3) is 0.409. The second-order valence-corrected chi connectivity index (χ2v) is 7.04. The number of carboxylic acid groups (broad SMARTS) is 1. The molecule has 0 amide bonds. The van der Waals surface area contributed by atoms with Gasteiger partial charge in [-0.05, 0) is 30.5 Å². The summed E-state index contributed by atoms with van der Waals surface area (Å²) in [4.78, 5) is 20.8. The minimum absolute atomic E-state index is 0.00284. The smallest absolute Gasteiger partial charge is 0.336 e. The second kappa shape index (κ2) is 9.46. The topological polar surface area (TPSA) is 77.8 Å². The Labute approximate surface area is 166 Å². The lowest BCUT2D eigenvalue weighted by molar-refractivity contribution is 0.0697. The molecule has 6 nitrogen and oxygen atoms in total. The van der Waals surface area contributed by atoms with Crippen LogP contribution in [0.3, 0.4) is 0 Å². The van der Waals surface area contributed by atoms with E-state index in [9.17, 15) is 9.90 Å². The van der Waals surface area contributed by atoms with Crippen LogP contribution in [-0.2, 0) is 6.42 Å². The van der Waals surface area contributed by atoms with E-state index in [1.807, 2.05) is 24.3 Å². The van der Waals surface area contributed by atoms with Crippen molar-refractivity contribution in [2.24, 2.45) is 4.99 Å². The van der Waals surface area contributed by atoms with E-state index >= 15 is 0 Å². The molecule has 0 bridgehead atoms. The van der Waals surface area contributed by atoms with Crippen molar-refractivity contribution in [2.45, 2.75) is 52.1 Å². The molecule has 1 aliphatic heterocycles. The Morgan fingerprint density at radius 1 is 1.18 bits per heavy atom. The van der Waals surface area contributed by atoms with Crippen LogP contribution >= 0.6 is 0 Å². The van der Waals surface area contributed by atoms with Crippen LogP contribution in [0.4, 0.5) is 0 Å². The lowest BCUT2D eigenvalue weighted by atomic mass is 10.0. The van der Waals surface area contributed by atoms with Gasteiger partial charge in [0.2, 0.25) is 0 Å². The third-order valence-corrected chi connectivity index (χ3v) is 4.82. The zero-order chi connectivity index (χ0) is 19.9. The van der Waals surface area contributed by atoms with Gasteiger partial charge < -0.3 is 5.11 Å². The molecule has 0 aliphatic carbocycles. The van der Waals surface area contributed by atoms with E-state index in [0.29, 0.717) is 12.0 Å². The Hall–Kier alpha value is -2.73. The number of pyridine rings is 1. The monoisotopic (exact) mass is 380 g/mol. The van der Waals surface area contributed by atoms with Crippen LogP contribution in [0.1, 0.15) is 55.6 Å². The number of nitrogens with zero attached hydrogens (tertiary/aromatic N) is 3. The molecule has 1 aliphatic rings. The van der Waals surface area contributed by atoms with Gasteiger partial charge in [-0.25, -0.2) is 10.2 Å². The number of benzene rings is 1. The molecule has 0 saturated heterocycles. The van der Waals surface area contributed by atoms with Crippen molar-refractivity contribution in [1.29, 1.82) is 0 Å². The fourth-order valence-electron chi connectivity index (χ4n) is 3.40. The summed E-state index contributed by atoms with van der Waals surface area (Å²) in [6, 6.07) is 10.9. The Morgan fingerprint density at radius 3 is 2.68 bits per heavy atom. The Bertz CT molecular complexity index is 833. The van der Waals surface area contributed by atoms with Crippen molar-refractivity contribution in [2.75, 3.05) is 6.54 Å². The molecule has 28 heavy (non-hydrogen) atoms. The van der Waals surface area contributed by atoms with Crippen molar-refractivity contribution in [3.05, 3.63) is 53.9 Å². The van der Waals surface area contributed by atoms with E-state index in [0.717, 1.165) is 49.3 Å². The van der Waals surface area contributed by atoms with E-state index < -0.39 is 5.97 Å². The molecule has 0 radical (unpaired) electrons. The van der Waals surface area contributed by atoms with Crippen molar-refractivity contribution in [3.63, 3.8) is 0 Å².